The minimum absolute atomic E-state index is 0.906. The largest absolute Gasteiger partial charge is 0.371 e. The number of hydrogen-bond donors (Lipinski definition) is 1. The number of pyridine rings is 1. The summed E-state index contributed by atoms with van der Waals surface area (Å²) in [5.41, 5.74) is 5.01. The maximum atomic E-state index is 4.63. The van der Waals surface area contributed by atoms with Crippen molar-refractivity contribution < 1.29 is 0 Å². The molecule has 1 aromatic carbocycles. The third kappa shape index (κ3) is 2.95. The van der Waals surface area contributed by atoms with Crippen LogP contribution in [0.15, 0.2) is 47.6 Å². The quantitative estimate of drug-likeness (QED) is 0.702. The van der Waals surface area contributed by atoms with E-state index in [1.54, 1.807) is 0 Å². The number of aromatic nitrogens is 2. The van der Waals surface area contributed by atoms with Gasteiger partial charge < -0.3 is 9.88 Å². The van der Waals surface area contributed by atoms with Gasteiger partial charge in [-0.2, -0.15) is 0 Å². The molecule has 1 aliphatic rings. The average Bonchev–Trinajstić information content (AvgIpc) is 3.24. The topological polar surface area (TPSA) is 31.9 Å². The van der Waals surface area contributed by atoms with E-state index in [9.17, 15) is 0 Å². The minimum atomic E-state index is 0.906. The maximum Gasteiger partial charge on any atom is 0.0527 e. The summed E-state index contributed by atoms with van der Waals surface area (Å²) < 4.78 is 0. The van der Waals surface area contributed by atoms with E-state index < -0.39 is 0 Å². The smallest absolute Gasteiger partial charge is 0.0527 e. The zero-order valence-electron chi connectivity index (χ0n) is 13.4. The van der Waals surface area contributed by atoms with E-state index in [-0.39, 0.29) is 0 Å². The molecule has 0 amide bonds. The van der Waals surface area contributed by atoms with Crippen molar-refractivity contribution in [2.24, 2.45) is 0 Å². The molecule has 0 saturated carbocycles. The maximum absolute atomic E-state index is 4.63. The Kier molecular flexibility index (Phi) is 4.00. The molecular weight excluding hydrogens is 302 g/mol. The number of H-pyrrole nitrogens is 1. The van der Waals surface area contributed by atoms with E-state index in [4.69, 9.17) is 0 Å². The first kappa shape index (κ1) is 14.6. The summed E-state index contributed by atoms with van der Waals surface area (Å²) in [5.74, 6) is 0.906. The van der Waals surface area contributed by atoms with Crippen molar-refractivity contribution in [1.82, 2.24) is 9.97 Å². The number of aryl methyl sites for hydroxylation is 1. The zero-order valence-corrected chi connectivity index (χ0v) is 14.2. The van der Waals surface area contributed by atoms with Crippen molar-refractivity contribution in [3.63, 3.8) is 0 Å². The molecule has 0 spiro atoms. The fraction of sp³-hybridized carbons (Fsp3) is 0.316. The summed E-state index contributed by atoms with van der Waals surface area (Å²) in [6, 6.07) is 10.7. The van der Waals surface area contributed by atoms with Crippen molar-refractivity contribution in [2.45, 2.75) is 30.4 Å². The number of rotatable bonds is 4. The van der Waals surface area contributed by atoms with Gasteiger partial charge in [0.1, 0.15) is 0 Å². The van der Waals surface area contributed by atoms with Gasteiger partial charge in [-0.15, -0.1) is 11.8 Å². The van der Waals surface area contributed by atoms with Gasteiger partial charge in [-0.25, -0.2) is 0 Å². The van der Waals surface area contributed by atoms with Gasteiger partial charge in [0.05, 0.1) is 5.69 Å². The van der Waals surface area contributed by atoms with E-state index in [0.29, 0.717) is 0 Å². The van der Waals surface area contributed by atoms with E-state index in [1.807, 2.05) is 18.0 Å². The van der Waals surface area contributed by atoms with Gasteiger partial charge in [0.2, 0.25) is 0 Å². The predicted octanol–water partition coefficient (Wildman–Crippen LogP) is 4.76. The molecule has 1 saturated heterocycles. The highest BCUT2D eigenvalue weighted by Gasteiger charge is 2.15. The summed E-state index contributed by atoms with van der Waals surface area (Å²) in [6.07, 6.45) is 6.74. The number of thioether (sulfide) groups is 1. The second-order valence-corrected chi connectivity index (χ2v) is 7.16. The van der Waals surface area contributed by atoms with Crippen LogP contribution >= 0.6 is 11.8 Å². The third-order valence-corrected chi connectivity index (χ3v) is 5.59. The van der Waals surface area contributed by atoms with Crippen molar-refractivity contribution >= 4 is 28.4 Å². The Hall–Kier alpha value is -1.94. The Labute approximate surface area is 141 Å². The van der Waals surface area contributed by atoms with Crippen LogP contribution in [0.3, 0.4) is 0 Å². The molecule has 0 radical (unpaired) electrons. The lowest BCUT2D eigenvalue weighted by Crippen LogP contribution is -2.19. The Morgan fingerprint density at radius 2 is 2.04 bits per heavy atom. The summed E-state index contributed by atoms with van der Waals surface area (Å²) >= 11 is 1.85. The molecule has 3 nitrogen and oxygen atoms in total. The number of fused-ring (bicyclic) bond motifs is 1. The van der Waals surface area contributed by atoms with E-state index in [2.05, 4.69) is 58.3 Å². The molecule has 4 heteroatoms. The van der Waals surface area contributed by atoms with Crippen LogP contribution in [0.5, 0.6) is 0 Å². The molecule has 3 aromatic rings. The number of hydrogen-bond acceptors (Lipinski definition) is 3. The van der Waals surface area contributed by atoms with Gasteiger partial charge in [0.15, 0.2) is 0 Å². The van der Waals surface area contributed by atoms with Crippen LogP contribution in [0.4, 0.5) is 5.69 Å². The summed E-state index contributed by atoms with van der Waals surface area (Å²) in [5, 5.41) is 1.30. The first-order chi connectivity index (χ1) is 11.3. The molecule has 0 aliphatic carbocycles. The number of nitrogens with one attached hydrogen (secondary N) is 1. The standard InChI is InChI=1S/C19H21N3S/c1-14-11-20-15(10-18(14)22-8-4-5-9-22)13-23-19-12-21-17-7-3-2-6-16(17)19/h2-3,6-7,10-12,21H,4-5,8-9,13H2,1H3. The van der Waals surface area contributed by atoms with Crippen LogP contribution in [0.2, 0.25) is 0 Å². The molecule has 3 heterocycles. The van der Waals surface area contributed by atoms with Gasteiger partial charge in [-0.3, -0.25) is 4.98 Å². The number of aromatic amines is 1. The van der Waals surface area contributed by atoms with Crippen LogP contribution in [-0.4, -0.2) is 23.1 Å². The lowest BCUT2D eigenvalue weighted by molar-refractivity contribution is 0.949. The molecule has 0 atom stereocenters. The van der Waals surface area contributed by atoms with E-state index >= 15 is 0 Å². The van der Waals surface area contributed by atoms with Crippen molar-refractivity contribution in [3.8, 4) is 0 Å². The summed E-state index contributed by atoms with van der Waals surface area (Å²) in [7, 11) is 0. The van der Waals surface area contributed by atoms with Crippen molar-refractivity contribution in [2.75, 3.05) is 18.0 Å². The van der Waals surface area contributed by atoms with Crippen LogP contribution in [-0.2, 0) is 5.75 Å². The second-order valence-electron chi connectivity index (χ2n) is 6.14. The fourth-order valence-electron chi connectivity index (χ4n) is 3.25. The molecule has 1 aliphatic heterocycles. The normalized spacial score (nSPS) is 14.7. The lowest BCUT2D eigenvalue weighted by atomic mass is 10.2. The second kappa shape index (κ2) is 6.28. The number of nitrogens with zero attached hydrogens (tertiary/aromatic N) is 2. The van der Waals surface area contributed by atoms with Crippen molar-refractivity contribution in [1.29, 1.82) is 0 Å². The Morgan fingerprint density at radius 1 is 1.22 bits per heavy atom. The van der Waals surface area contributed by atoms with E-state index in [0.717, 1.165) is 11.4 Å². The molecule has 23 heavy (non-hydrogen) atoms. The highest BCUT2D eigenvalue weighted by atomic mass is 32.2. The van der Waals surface area contributed by atoms with Gasteiger partial charge in [0, 0.05) is 52.7 Å². The van der Waals surface area contributed by atoms with Gasteiger partial charge in [0.25, 0.3) is 0 Å². The van der Waals surface area contributed by atoms with Gasteiger partial charge >= 0.3 is 0 Å². The molecule has 2 aromatic heterocycles. The number of benzene rings is 1. The van der Waals surface area contributed by atoms with E-state index in [1.165, 1.54) is 53.0 Å². The fourth-order valence-corrected chi connectivity index (χ4v) is 4.19. The van der Waals surface area contributed by atoms with Crippen LogP contribution in [0, 0.1) is 6.92 Å². The van der Waals surface area contributed by atoms with Gasteiger partial charge in [-0.05, 0) is 37.5 Å². The average molecular weight is 323 g/mol. The lowest BCUT2D eigenvalue weighted by Gasteiger charge is -2.20. The van der Waals surface area contributed by atoms with Crippen LogP contribution in [0.1, 0.15) is 24.1 Å². The van der Waals surface area contributed by atoms with Crippen LogP contribution in [0.25, 0.3) is 10.9 Å². The first-order valence-electron chi connectivity index (χ1n) is 8.20. The number of para-hydroxylation sites is 1. The molecule has 4 rings (SSSR count). The van der Waals surface area contributed by atoms with Gasteiger partial charge in [-0.1, -0.05) is 18.2 Å². The first-order valence-corrected chi connectivity index (χ1v) is 9.19. The molecular formula is C19H21N3S. The predicted molar refractivity (Wildman–Crippen MR) is 98.3 cm³/mol. The Morgan fingerprint density at radius 3 is 2.91 bits per heavy atom. The minimum Gasteiger partial charge on any atom is -0.371 e. The summed E-state index contributed by atoms with van der Waals surface area (Å²) in [4.78, 5) is 11.8. The number of anilines is 1. The Balaban J connectivity index is 1.53. The zero-order chi connectivity index (χ0) is 15.6. The monoisotopic (exact) mass is 323 g/mol. The molecule has 1 fully saturated rings. The highest BCUT2D eigenvalue weighted by Crippen LogP contribution is 2.31. The summed E-state index contributed by atoms with van der Waals surface area (Å²) in [6.45, 7) is 4.52. The molecule has 1 N–H and O–H groups in total. The van der Waals surface area contributed by atoms with Crippen molar-refractivity contribution in [3.05, 3.63) is 54.0 Å². The SMILES string of the molecule is Cc1cnc(CSc2c[nH]c3ccccc23)cc1N1CCCC1. The molecule has 118 valence electrons. The molecule has 0 bridgehead atoms. The Bertz CT molecular complexity index is 818. The molecule has 0 unspecified atom stereocenters. The third-order valence-electron chi connectivity index (χ3n) is 4.50. The van der Waals surface area contributed by atoms with Crippen LogP contribution < -0.4 is 4.90 Å². The highest BCUT2D eigenvalue weighted by molar-refractivity contribution is 7.98.